The normalized spacial score (nSPS) is 12.5. The molecule has 0 radical (unpaired) electrons. The Kier molecular flexibility index (Phi) is 9.06. The van der Waals surface area contributed by atoms with E-state index in [2.05, 4.69) is 115 Å². The molecular weight excluding hydrogens is 517 g/mol. The Morgan fingerprint density at radius 2 is 1.23 bits per heavy atom. The van der Waals surface area contributed by atoms with Gasteiger partial charge in [-0.05, 0) is 0 Å². The van der Waals surface area contributed by atoms with Crippen LogP contribution in [0.4, 0.5) is 0 Å². The molecule has 30 heavy (non-hydrogen) atoms. The van der Waals surface area contributed by atoms with Crippen molar-refractivity contribution >= 4 is 33.8 Å². The zero-order valence-electron chi connectivity index (χ0n) is 18.1. The van der Waals surface area contributed by atoms with E-state index in [-0.39, 0.29) is 5.00 Å². The molecule has 0 aliphatic rings. The van der Waals surface area contributed by atoms with Crippen LogP contribution in [-0.2, 0) is 12.8 Å². The SMILES string of the molecule is Cc1cccc(C)c1OC(C)[Se]P(=[Se])(CCc1ccccc1)CCc1ccccc1. The Bertz CT molecular complexity index is 905. The first-order valence-corrected chi connectivity index (χ1v) is 18.1. The van der Waals surface area contributed by atoms with Crippen LogP contribution in [0.1, 0.15) is 29.2 Å². The van der Waals surface area contributed by atoms with Gasteiger partial charge < -0.3 is 0 Å². The zero-order chi connectivity index (χ0) is 21.4. The molecule has 0 aromatic heterocycles. The number of ether oxygens (including phenoxy) is 1. The van der Waals surface area contributed by atoms with Crippen molar-refractivity contribution in [1.82, 2.24) is 0 Å². The molecular formula is C26H31OPSe2. The molecule has 0 spiro atoms. The molecule has 0 aliphatic carbocycles. The third kappa shape index (κ3) is 7.26. The van der Waals surface area contributed by atoms with Crippen molar-refractivity contribution in [3.8, 4) is 5.75 Å². The zero-order valence-corrected chi connectivity index (χ0v) is 22.4. The first-order valence-electron chi connectivity index (χ1n) is 10.5. The van der Waals surface area contributed by atoms with E-state index in [1.54, 1.807) is 0 Å². The Balaban J connectivity index is 1.71. The van der Waals surface area contributed by atoms with Crippen LogP contribution >= 0.6 is 4.20 Å². The topological polar surface area (TPSA) is 9.23 Å². The third-order valence-electron chi connectivity index (χ3n) is 5.20. The molecule has 3 aromatic rings. The van der Waals surface area contributed by atoms with Crippen molar-refractivity contribution in [3.63, 3.8) is 0 Å². The summed E-state index contributed by atoms with van der Waals surface area (Å²) in [5.41, 5.74) is 5.34. The summed E-state index contributed by atoms with van der Waals surface area (Å²) >= 11 is 4.16. The average Bonchev–Trinajstić information content (AvgIpc) is 2.75. The summed E-state index contributed by atoms with van der Waals surface area (Å²) in [6.07, 6.45) is 4.80. The molecule has 0 amide bonds. The van der Waals surface area contributed by atoms with Crippen molar-refractivity contribution in [1.29, 1.82) is 0 Å². The maximum absolute atomic E-state index is 6.51. The van der Waals surface area contributed by atoms with Crippen LogP contribution in [0, 0.1) is 13.8 Å². The van der Waals surface area contributed by atoms with Gasteiger partial charge in [-0.1, -0.05) is 0 Å². The molecule has 0 N–H and O–H groups in total. The van der Waals surface area contributed by atoms with Crippen LogP contribution in [0.25, 0.3) is 0 Å². The first kappa shape index (κ1) is 23.6. The molecule has 3 aromatic carbocycles. The fourth-order valence-electron chi connectivity index (χ4n) is 3.55. The maximum atomic E-state index is 6.51. The third-order valence-corrected chi connectivity index (χ3v) is 19.6. The van der Waals surface area contributed by atoms with Crippen molar-refractivity contribution in [2.45, 2.75) is 38.6 Å². The minimum absolute atomic E-state index is 0.262. The van der Waals surface area contributed by atoms with E-state index >= 15 is 0 Å². The molecule has 4 heteroatoms. The molecule has 1 nitrogen and oxygen atoms in total. The number of aryl methyl sites for hydroxylation is 4. The van der Waals surface area contributed by atoms with Crippen molar-refractivity contribution in [2.75, 3.05) is 12.3 Å². The molecule has 0 saturated carbocycles. The molecule has 0 aliphatic heterocycles. The monoisotopic (exact) mass is 550 g/mol. The van der Waals surface area contributed by atoms with Crippen LogP contribution < -0.4 is 4.74 Å². The van der Waals surface area contributed by atoms with Gasteiger partial charge in [-0.3, -0.25) is 0 Å². The van der Waals surface area contributed by atoms with Crippen LogP contribution in [0.15, 0.2) is 78.9 Å². The molecule has 1 atom stereocenters. The van der Waals surface area contributed by atoms with Gasteiger partial charge >= 0.3 is 196 Å². The fourth-order valence-corrected chi connectivity index (χ4v) is 17.2. The molecule has 0 bridgehead atoms. The van der Waals surface area contributed by atoms with Gasteiger partial charge in [0.15, 0.2) is 0 Å². The molecule has 0 saturated heterocycles. The van der Waals surface area contributed by atoms with E-state index in [0.29, 0.717) is 14.5 Å². The minimum atomic E-state index is -1.21. The van der Waals surface area contributed by atoms with Crippen LogP contribution in [0.3, 0.4) is 0 Å². The molecule has 0 fully saturated rings. The summed E-state index contributed by atoms with van der Waals surface area (Å²) in [6, 6.07) is 28.2. The number of benzene rings is 3. The van der Waals surface area contributed by atoms with Crippen molar-refractivity contribution in [3.05, 3.63) is 101 Å². The second-order valence-corrected chi connectivity index (χ2v) is 25.5. The molecule has 158 valence electrons. The van der Waals surface area contributed by atoms with Gasteiger partial charge in [0.05, 0.1) is 0 Å². The quantitative estimate of drug-likeness (QED) is 0.216. The van der Waals surface area contributed by atoms with Gasteiger partial charge in [0.25, 0.3) is 0 Å². The van der Waals surface area contributed by atoms with E-state index in [4.69, 9.17) is 4.74 Å². The number of hydrogen-bond acceptors (Lipinski definition) is 1. The van der Waals surface area contributed by atoms with Crippen molar-refractivity contribution < 1.29 is 4.74 Å². The number of rotatable bonds is 10. The molecule has 1 unspecified atom stereocenters. The number of para-hydroxylation sites is 1. The predicted octanol–water partition coefficient (Wildman–Crippen LogP) is 6.23. The van der Waals surface area contributed by atoms with E-state index < -0.39 is 4.20 Å². The predicted molar refractivity (Wildman–Crippen MR) is 134 cm³/mol. The summed E-state index contributed by atoms with van der Waals surface area (Å²) in [4.78, 5) is 0. The Hall–Kier alpha value is -1.07. The van der Waals surface area contributed by atoms with Crippen LogP contribution in [0.2, 0.25) is 0 Å². The Morgan fingerprint density at radius 1 is 0.767 bits per heavy atom. The second kappa shape index (κ2) is 11.5. The Morgan fingerprint density at radius 3 is 1.70 bits per heavy atom. The van der Waals surface area contributed by atoms with E-state index in [9.17, 15) is 0 Å². The summed E-state index contributed by atoms with van der Waals surface area (Å²) in [7, 11) is 0. The summed E-state index contributed by atoms with van der Waals surface area (Å²) < 4.78 is 5.30. The van der Waals surface area contributed by atoms with Gasteiger partial charge in [-0.15, -0.1) is 0 Å². The van der Waals surface area contributed by atoms with Crippen LogP contribution in [0.5, 0.6) is 5.75 Å². The van der Waals surface area contributed by atoms with Gasteiger partial charge in [0.2, 0.25) is 0 Å². The van der Waals surface area contributed by atoms with E-state index in [1.807, 2.05) is 0 Å². The average molecular weight is 548 g/mol. The second-order valence-electron chi connectivity index (χ2n) is 7.74. The standard InChI is InChI=1S/C26H31OPSe2/c1-21-11-10-12-22(2)26(21)27-23(3)30-28(29,19-17-24-13-6-4-7-14-24)20-18-25-15-8-5-9-16-25/h4-16,23H,17-20H2,1-3H3. The van der Waals surface area contributed by atoms with E-state index in [1.165, 1.54) is 34.6 Å². The van der Waals surface area contributed by atoms with Crippen molar-refractivity contribution in [2.24, 2.45) is 0 Å². The molecule has 3 rings (SSSR count). The molecule has 0 heterocycles. The Labute approximate surface area is 195 Å². The van der Waals surface area contributed by atoms with E-state index in [0.717, 1.165) is 18.6 Å². The fraction of sp³-hybridized carbons (Fsp3) is 0.308. The number of hydrogen-bond donors (Lipinski definition) is 0. The van der Waals surface area contributed by atoms with Gasteiger partial charge in [0, 0.05) is 0 Å². The summed E-state index contributed by atoms with van der Waals surface area (Å²) in [5, 5.41) is 0.262. The van der Waals surface area contributed by atoms with Gasteiger partial charge in [0.1, 0.15) is 0 Å². The first-order chi connectivity index (χ1) is 14.5. The summed E-state index contributed by atoms with van der Waals surface area (Å²) in [6.45, 7) is 6.56. The van der Waals surface area contributed by atoms with Gasteiger partial charge in [-0.2, -0.15) is 0 Å². The van der Waals surface area contributed by atoms with Crippen LogP contribution in [-0.4, -0.2) is 46.9 Å². The summed E-state index contributed by atoms with van der Waals surface area (Å²) in [5.74, 6) is 1.07. The van der Waals surface area contributed by atoms with Gasteiger partial charge in [-0.25, -0.2) is 0 Å².